The first-order valence-electron chi connectivity index (χ1n) is 7.56. The average molecular weight is 319 g/mol. The molecule has 23 heavy (non-hydrogen) atoms. The number of hydrogen-bond acceptors (Lipinski definition) is 5. The van der Waals surface area contributed by atoms with Crippen LogP contribution in [0.15, 0.2) is 23.0 Å². The van der Waals surface area contributed by atoms with Crippen LogP contribution in [0.4, 0.5) is 0 Å². The normalized spacial score (nSPS) is 10.6. The van der Waals surface area contributed by atoms with Gasteiger partial charge in [0.1, 0.15) is 5.56 Å². The lowest BCUT2D eigenvalue weighted by Crippen LogP contribution is -2.18. The van der Waals surface area contributed by atoms with Crippen LogP contribution >= 0.6 is 0 Å². The van der Waals surface area contributed by atoms with Gasteiger partial charge in [-0.1, -0.05) is 19.8 Å². The topological polar surface area (TPSA) is 77.6 Å². The van der Waals surface area contributed by atoms with Gasteiger partial charge in [0.05, 0.1) is 26.3 Å². The Hall–Kier alpha value is -2.50. The molecule has 0 spiro atoms. The Morgan fingerprint density at radius 2 is 1.91 bits per heavy atom. The van der Waals surface area contributed by atoms with E-state index in [0.717, 1.165) is 19.3 Å². The molecular formula is C17H21NO5. The van der Waals surface area contributed by atoms with Crippen LogP contribution in [0.2, 0.25) is 0 Å². The number of aromatic amines is 1. The van der Waals surface area contributed by atoms with Gasteiger partial charge in [-0.25, -0.2) is 4.79 Å². The maximum absolute atomic E-state index is 11.9. The number of pyridine rings is 1. The zero-order valence-electron chi connectivity index (χ0n) is 13.6. The van der Waals surface area contributed by atoms with Gasteiger partial charge in [-0.2, -0.15) is 0 Å². The van der Waals surface area contributed by atoms with E-state index in [1.807, 2.05) is 0 Å². The van der Waals surface area contributed by atoms with E-state index in [-0.39, 0.29) is 5.56 Å². The van der Waals surface area contributed by atoms with E-state index in [1.54, 1.807) is 19.2 Å². The third-order valence-electron chi connectivity index (χ3n) is 3.54. The molecule has 0 aliphatic heterocycles. The number of benzene rings is 1. The van der Waals surface area contributed by atoms with Crippen LogP contribution < -0.4 is 15.0 Å². The van der Waals surface area contributed by atoms with E-state index in [1.165, 1.54) is 13.2 Å². The predicted molar refractivity (Wildman–Crippen MR) is 87.5 cm³/mol. The number of esters is 1. The molecule has 124 valence electrons. The van der Waals surface area contributed by atoms with Gasteiger partial charge in [0.15, 0.2) is 11.5 Å². The average Bonchev–Trinajstić information content (AvgIpc) is 2.56. The highest BCUT2D eigenvalue weighted by Gasteiger charge is 2.14. The highest BCUT2D eigenvalue weighted by atomic mass is 16.5. The van der Waals surface area contributed by atoms with Crippen LogP contribution in [0, 0.1) is 0 Å². The Kier molecular flexibility index (Phi) is 5.62. The first-order chi connectivity index (χ1) is 11.1. The Morgan fingerprint density at radius 1 is 1.13 bits per heavy atom. The number of unbranched alkanes of at least 4 members (excludes halogenated alkanes) is 2. The van der Waals surface area contributed by atoms with Gasteiger partial charge >= 0.3 is 5.97 Å². The molecule has 0 fully saturated rings. The van der Waals surface area contributed by atoms with Crippen molar-refractivity contribution in [2.75, 3.05) is 20.8 Å². The Balaban J connectivity index is 2.41. The second-order valence-corrected chi connectivity index (χ2v) is 5.15. The van der Waals surface area contributed by atoms with E-state index in [4.69, 9.17) is 9.47 Å². The number of rotatable bonds is 7. The van der Waals surface area contributed by atoms with Crippen LogP contribution in [-0.2, 0) is 4.74 Å². The van der Waals surface area contributed by atoms with Gasteiger partial charge < -0.3 is 19.2 Å². The van der Waals surface area contributed by atoms with Crippen molar-refractivity contribution in [1.82, 2.24) is 4.98 Å². The summed E-state index contributed by atoms with van der Waals surface area (Å²) in [5.74, 6) is 0.448. The molecule has 0 amide bonds. The van der Waals surface area contributed by atoms with Crippen molar-refractivity contribution in [2.24, 2.45) is 0 Å². The Morgan fingerprint density at radius 3 is 2.57 bits per heavy atom. The number of carbonyl (C=O) groups excluding carboxylic acids is 1. The van der Waals surface area contributed by atoms with Crippen LogP contribution in [-0.4, -0.2) is 31.8 Å². The fourth-order valence-corrected chi connectivity index (χ4v) is 2.28. The lowest BCUT2D eigenvalue weighted by molar-refractivity contribution is 0.0599. The molecule has 0 radical (unpaired) electrons. The summed E-state index contributed by atoms with van der Waals surface area (Å²) in [5, 5.41) is 0.677. The van der Waals surface area contributed by atoms with Gasteiger partial charge in [0.2, 0.25) is 0 Å². The van der Waals surface area contributed by atoms with Gasteiger partial charge in [-0.15, -0.1) is 0 Å². The van der Waals surface area contributed by atoms with Crippen molar-refractivity contribution in [1.29, 1.82) is 0 Å². The fraction of sp³-hybridized carbons (Fsp3) is 0.412. The number of carbonyl (C=O) groups is 1. The SMILES string of the molecule is CCCCCOc1cc2cc(C(=O)OC)c(=O)[nH]c2cc1OC. The number of aromatic nitrogens is 1. The lowest BCUT2D eigenvalue weighted by atomic mass is 10.1. The fourth-order valence-electron chi connectivity index (χ4n) is 2.28. The highest BCUT2D eigenvalue weighted by Crippen LogP contribution is 2.31. The van der Waals surface area contributed by atoms with Gasteiger partial charge in [0.25, 0.3) is 5.56 Å². The highest BCUT2D eigenvalue weighted by molar-refractivity contribution is 5.94. The number of methoxy groups -OCH3 is 2. The molecule has 0 saturated heterocycles. The second kappa shape index (κ2) is 7.67. The molecule has 0 saturated carbocycles. The van der Waals surface area contributed by atoms with E-state index in [9.17, 15) is 9.59 Å². The van der Waals surface area contributed by atoms with Crippen molar-refractivity contribution >= 4 is 16.9 Å². The molecule has 1 heterocycles. The Bertz CT molecular complexity index is 750. The first kappa shape index (κ1) is 16.9. The Labute approximate surface area is 134 Å². The van der Waals surface area contributed by atoms with Crippen LogP contribution in [0.25, 0.3) is 10.9 Å². The minimum absolute atomic E-state index is 0.0397. The van der Waals surface area contributed by atoms with E-state index in [0.29, 0.717) is 29.0 Å². The molecule has 2 rings (SSSR count). The molecule has 1 aromatic heterocycles. The zero-order valence-corrected chi connectivity index (χ0v) is 13.6. The summed E-state index contributed by atoms with van der Waals surface area (Å²) in [6.07, 6.45) is 3.16. The van der Waals surface area contributed by atoms with Crippen molar-refractivity contribution in [2.45, 2.75) is 26.2 Å². The van der Waals surface area contributed by atoms with Gasteiger partial charge in [-0.05, 0) is 18.6 Å². The molecule has 6 heteroatoms. The summed E-state index contributed by atoms with van der Waals surface area (Å²) in [6, 6.07) is 4.94. The summed E-state index contributed by atoms with van der Waals surface area (Å²) in [4.78, 5) is 26.2. The van der Waals surface area contributed by atoms with Crippen LogP contribution in [0.3, 0.4) is 0 Å². The third kappa shape index (κ3) is 3.83. The molecule has 0 aliphatic rings. The standard InChI is InChI=1S/C17H21NO5/c1-4-5-6-7-23-15-9-11-8-12(17(20)22-3)16(19)18-13(11)10-14(15)21-2/h8-10H,4-7H2,1-3H3,(H,18,19). The number of fused-ring (bicyclic) bond motifs is 1. The summed E-state index contributed by atoms with van der Waals surface area (Å²) in [7, 11) is 2.78. The third-order valence-corrected chi connectivity index (χ3v) is 3.54. The van der Waals surface area contributed by atoms with Gasteiger partial charge in [0, 0.05) is 11.5 Å². The summed E-state index contributed by atoms with van der Waals surface area (Å²) < 4.78 is 15.7. The summed E-state index contributed by atoms with van der Waals surface area (Å²) >= 11 is 0. The molecule has 0 aliphatic carbocycles. The molecule has 1 aromatic carbocycles. The largest absolute Gasteiger partial charge is 0.493 e. The molecule has 0 unspecified atom stereocenters. The number of hydrogen-bond donors (Lipinski definition) is 1. The van der Waals surface area contributed by atoms with Crippen LogP contribution in [0.5, 0.6) is 11.5 Å². The predicted octanol–water partition coefficient (Wildman–Crippen LogP) is 2.89. The van der Waals surface area contributed by atoms with Gasteiger partial charge in [-0.3, -0.25) is 4.79 Å². The zero-order chi connectivity index (χ0) is 16.8. The molecule has 0 bridgehead atoms. The van der Waals surface area contributed by atoms with Crippen molar-refractivity contribution in [3.05, 3.63) is 34.1 Å². The summed E-state index contributed by atoms with van der Waals surface area (Å²) in [6.45, 7) is 2.71. The smallest absolute Gasteiger partial charge is 0.343 e. The van der Waals surface area contributed by atoms with E-state index < -0.39 is 11.5 Å². The van der Waals surface area contributed by atoms with Crippen LogP contribution in [0.1, 0.15) is 36.5 Å². The molecule has 0 atom stereocenters. The molecule has 2 aromatic rings. The van der Waals surface area contributed by atoms with E-state index in [2.05, 4.69) is 16.6 Å². The van der Waals surface area contributed by atoms with Crippen molar-refractivity contribution < 1.29 is 19.0 Å². The van der Waals surface area contributed by atoms with Crippen molar-refractivity contribution in [3.8, 4) is 11.5 Å². The number of H-pyrrole nitrogens is 1. The molecular weight excluding hydrogens is 298 g/mol. The number of ether oxygens (including phenoxy) is 3. The quantitative estimate of drug-likeness (QED) is 0.627. The number of nitrogens with one attached hydrogen (secondary N) is 1. The minimum Gasteiger partial charge on any atom is -0.493 e. The minimum atomic E-state index is -0.672. The second-order valence-electron chi connectivity index (χ2n) is 5.15. The molecule has 1 N–H and O–H groups in total. The maximum atomic E-state index is 11.9. The lowest BCUT2D eigenvalue weighted by Gasteiger charge is -2.12. The molecule has 6 nitrogen and oxygen atoms in total. The maximum Gasteiger partial charge on any atom is 0.343 e. The van der Waals surface area contributed by atoms with E-state index >= 15 is 0 Å². The summed E-state index contributed by atoms with van der Waals surface area (Å²) in [5.41, 5.74) is 0.0329. The first-order valence-corrected chi connectivity index (χ1v) is 7.56. The van der Waals surface area contributed by atoms with Crippen molar-refractivity contribution in [3.63, 3.8) is 0 Å². The monoisotopic (exact) mass is 319 g/mol.